The molecule has 0 aromatic heterocycles. The second-order valence-corrected chi connectivity index (χ2v) is 9.68. The van der Waals surface area contributed by atoms with Gasteiger partial charge in [0.25, 0.3) is 15.9 Å². The van der Waals surface area contributed by atoms with E-state index in [1.807, 2.05) is 26.8 Å². The van der Waals surface area contributed by atoms with Crippen LogP contribution in [0.4, 0.5) is 5.69 Å². The highest BCUT2D eigenvalue weighted by molar-refractivity contribution is 7.92. The van der Waals surface area contributed by atoms with Crippen LogP contribution < -0.4 is 14.5 Å². The number of amides is 1. The molecule has 3 aromatic carbocycles. The fraction of sp³-hybridized carbons (Fsp3) is 0.200. The number of benzene rings is 3. The molecule has 0 saturated carbocycles. The summed E-state index contributed by atoms with van der Waals surface area (Å²) in [7, 11) is -2.59. The molecule has 3 rings (SSSR count). The van der Waals surface area contributed by atoms with E-state index in [9.17, 15) is 18.3 Å². The summed E-state index contributed by atoms with van der Waals surface area (Å²) in [5.41, 5.74) is 6.16. The van der Waals surface area contributed by atoms with Gasteiger partial charge in [0.15, 0.2) is 11.5 Å². The topological polar surface area (TPSA) is 108 Å². The summed E-state index contributed by atoms with van der Waals surface area (Å²) in [6.45, 7) is 5.21. The summed E-state index contributed by atoms with van der Waals surface area (Å²) in [5.74, 6) is -0.370. The van der Waals surface area contributed by atoms with Crippen molar-refractivity contribution >= 4 is 27.8 Å². The predicted octanol–water partition coefficient (Wildman–Crippen LogP) is 3.67. The molecule has 9 heteroatoms. The van der Waals surface area contributed by atoms with Crippen LogP contribution in [0, 0.1) is 20.8 Å². The van der Waals surface area contributed by atoms with Crippen molar-refractivity contribution in [2.75, 3.05) is 18.0 Å². The zero-order chi connectivity index (χ0) is 24.9. The van der Waals surface area contributed by atoms with E-state index in [4.69, 9.17) is 4.74 Å². The third-order valence-electron chi connectivity index (χ3n) is 5.28. The minimum Gasteiger partial charge on any atom is -0.504 e. The molecule has 0 aliphatic carbocycles. The molecular formula is C25H27N3O5S. The Morgan fingerprint density at radius 2 is 1.74 bits per heavy atom. The molecule has 0 spiro atoms. The number of aryl methyl sites for hydroxylation is 3. The summed E-state index contributed by atoms with van der Waals surface area (Å²) in [6, 6.07) is 16.3. The van der Waals surface area contributed by atoms with Crippen LogP contribution in [0.5, 0.6) is 11.5 Å². The first kappa shape index (κ1) is 24.8. The number of ether oxygens (including phenoxy) is 1. The fourth-order valence-electron chi connectivity index (χ4n) is 3.15. The van der Waals surface area contributed by atoms with Crippen molar-refractivity contribution in [3.05, 3.63) is 82.9 Å². The molecule has 34 heavy (non-hydrogen) atoms. The Bertz CT molecular complexity index is 1320. The van der Waals surface area contributed by atoms with Crippen LogP contribution in [0.15, 0.2) is 70.7 Å². The molecule has 0 bridgehead atoms. The number of hydrogen-bond acceptors (Lipinski definition) is 6. The second-order valence-electron chi connectivity index (χ2n) is 7.82. The number of rotatable bonds is 8. The second kappa shape index (κ2) is 10.4. The first-order chi connectivity index (χ1) is 16.1. The van der Waals surface area contributed by atoms with Gasteiger partial charge in [-0.2, -0.15) is 5.10 Å². The van der Waals surface area contributed by atoms with Gasteiger partial charge in [0.2, 0.25) is 0 Å². The van der Waals surface area contributed by atoms with Crippen molar-refractivity contribution < 1.29 is 23.1 Å². The number of nitrogens with one attached hydrogen (secondary N) is 1. The summed E-state index contributed by atoms with van der Waals surface area (Å²) in [4.78, 5) is 12.8. The van der Waals surface area contributed by atoms with Crippen LogP contribution in [0.2, 0.25) is 0 Å². The van der Waals surface area contributed by atoms with Gasteiger partial charge in [-0.25, -0.2) is 13.8 Å². The number of methoxy groups -OCH3 is 1. The first-order valence-electron chi connectivity index (χ1n) is 10.5. The maximum Gasteiger partial charge on any atom is 0.264 e. The van der Waals surface area contributed by atoms with Crippen molar-refractivity contribution in [3.8, 4) is 11.5 Å². The number of carbonyl (C=O) groups excluding carboxylic acids is 1. The normalized spacial score (nSPS) is 11.4. The fourth-order valence-corrected chi connectivity index (χ4v) is 4.57. The zero-order valence-corrected chi connectivity index (χ0v) is 20.3. The standard InChI is InChI=1S/C25H27N3O5S/c1-17-5-10-22(11-6-17)34(31,32)28(21-9-7-18(2)19(3)13-21)16-25(30)27-26-15-20-8-12-23(29)24(14-20)33-4/h5-15,29H,16H2,1-4H3,(H,27,30)/b26-15-. The Morgan fingerprint density at radius 3 is 2.38 bits per heavy atom. The van der Waals surface area contributed by atoms with Crippen LogP contribution in [0.3, 0.4) is 0 Å². The van der Waals surface area contributed by atoms with Crippen molar-refractivity contribution in [2.45, 2.75) is 25.7 Å². The summed E-state index contributed by atoms with van der Waals surface area (Å²) in [5, 5.41) is 13.6. The van der Waals surface area contributed by atoms with Crippen LogP contribution in [-0.4, -0.2) is 39.3 Å². The SMILES string of the molecule is COc1cc(/C=N\NC(=O)CN(c2ccc(C)c(C)c2)S(=O)(=O)c2ccc(C)cc2)ccc1O. The van der Waals surface area contributed by atoms with Gasteiger partial charge in [-0.1, -0.05) is 23.8 Å². The molecule has 0 heterocycles. The minimum atomic E-state index is -4.01. The van der Waals surface area contributed by atoms with E-state index in [1.165, 1.54) is 31.5 Å². The maximum atomic E-state index is 13.4. The number of sulfonamides is 1. The molecule has 8 nitrogen and oxygen atoms in total. The summed E-state index contributed by atoms with van der Waals surface area (Å²) >= 11 is 0. The molecule has 0 atom stereocenters. The number of hydrogen-bond donors (Lipinski definition) is 2. The summed E-state index contributed by atoms with van der Waals surface area (Å²) in [6.07, 6.45) is 1.37. The lowest BCUT2D eigenvalue weighted by Gasteiger charge is -2.24. The highest BCUT2D eigenvalue weighted by Gasteiger charge is 2.27. The molecule has 0 fully saturated rings. The largest absolute Gasteiger partial charge is 0.504 e. The minimum absolute atomic E-state index is 0.0194. The summed E-state index contributed by atoms with van der Waals surface area (Å²) < 4.78 is 33.0. The maximum absolute atomic E-state index is 13.4. The molecule has 0 radical (unpaired) electrons. The van der Waals surface area contributed by atoms with Crippen molar-refractivity contribution in [2.24, 2.45) is 5.10 Å². The Morgan fingerprint density at radius 1 is 1.03 bits per heavy atom. The van der Waals surface area contributed by atoms with E-state index < -0.39 is 22.5 Å². The molecule has 1 amide bonds. The molecule has 3 aromatic rings. The van der Waals surface area contributed by atoms with Crippen LogP contribution in [0.25, 0.3) is 0 Å². The lowest BCUT2D eigenvalue weighted by molar-refractivity contribution is -0.119. The van der Waals surface area contributed by atoms with E-state index in [1.54, 1.807) is 36.4 Å². The number of phenols is 1. The van der Waals surface area contributed by atoms with E-state index >= 15 is 0 Å². The number of phenolic OH excluding ortho intramolecular Hbond substituents is 1. The average molecular weight is 482 g/mol. The average Bonchev–Trinajstić information content (AvgIpc) is 2.80. The monoisotopic (exact) mass is 481 g/mol. The number of hydrazone groups is 1. The van der Waals surface area contributed by atoms with Gasteiger partial charge in [-0.15, -0.1) is 0 Å². The Kier molecular flexibility index (Phi) is 7.57. The highest BCUT2D eigenvalue weighted by atomic mass is 32.2. The zero-order valence-electron chi connectivity index (χ0n) is 19.4. The van der Waals surface area contributed by atoms with E-state index in [2.05, 4.69) is 10.5 Å². The van der Waals surface area contributed by atoms with Gasteiger partial charge in [-0.05, 0) is 79.9 Å². The Balaban J connectivity index is 1.85. The van der Waals surface area contributed by atoms with Gasteiger partial charge in [-0.3, -0.25) is 9.10 Å². The van der Waals surface area contributed by atoms with Gasteiger partial charge >= 0.3 is 0 Å². The molecular weight excluding hydrogens is 454 g/mol. The molecule has 0 saturated heterocycles. The lowest BCUT2D eigenvalue weighted by atomic mass is 10.1. The predicted molar refractivity (Wildman–Crippen MR) is 132 cm³/mol. The van der Waals surface area contributed by atoms with Gasteiger partial charge in [0.05, 0.1) is 23.9 Å². The van der Waals surface area contributed by atoms with Gasteiger partial charge < -0.3 is 9.84 Å². The van der Waals surface area contributed by atoms with E-state index in [-0.39, 0.29) is 16.4 Å². The Hall–Kier alpha value is -3.85. The molecule has 0 aliphatic heterocycles. The van der Waals surface area contributed by atoms with Crippen molar-refractivity contribution in [1.82, 2.24) is 5.43 Å². The van der Waals surface area contributed by atoms with Crippen LogP contribution in [-0.2, 0) is 14.8 Å². The highest BCUT2D eigenvalue weighted by Crippen LogP contribution is 2.27. The van der Waals surface area contributed by atoms with E-state index in [0.29, 0.717) is 11.3 Å². The van der Waals surface area contributed by atoms with Crippen LogP contribution in [0.1, 0.15) is 22.3 Å². The molecule has 178 valence electrons. The quantitative estimate of drug-likeness (QED) is 0.377. The van der Waals surface area contributed by atoms with Crippen molar-refractivity contribution in [3.63, 3.8) is 0 Å². The van der Waals surface area contributed by atoms with E-state index in [0.717, 1.165) is 21.0 Å². The first-order valence-corrected chi connectivity index (χ1v) is 11.9. The Labute approximate surface area is 199 Å². The number of carbonyl (C=O) groups is 1. The van der Waals surface area contributed by atoms with Gasteiger partial charge in [0.1, 0.15) is 6.54 Å². The lowest BCUT2D eigenvalue weighted by Crippen LogP contribution is -2.39. The third kappa shape index (κ3) is 5.74. The van der Waals surface area contributed by atoms with Crippen LogP contribution >= 0.6 is 0 Å². The number of anilines is 1. The third-order valence-corrected chi connectivity index (χ3v) is 7.07. The molecule has 0 unspecified atom stereocenters. The number of aromatic hydroxyl groups is 1. The molecule has 2 N–H and O–H groups in total. The van der Waals surface area contributed by atoms with Crippen molar-refractivity contribution in [1.29, 1.82) is 0 Å². The number of nitrogens with zero attached hydrogens (tertiary/aromatic N) is 2. The molecule has 0 aliphatic rings. The van der Waals surface area contributed by atoms with Gasteiger partial charge in [0, 0.05) is 0 Å². The smallest absolute Gasteiger partial charge is 0.264 e.